The van der Waals surface area contributed by atoms with Gasteiger partial charge in [0, 0.05) is 17.8 Å². The highest BCUT2D eigenvalue weighted by Gasteiger charge is 2.09. The third-order valence-electron chi connectivity index (χ3n) is 5.32. The number of aryl methyl sites for hydroxylation is 3. The van der Waals surface area contributed by atoms with Crippen LogP contribution in [0.3, 0.4) is 0 Å². The molecule has 0 bridgehead atoms. The SMILES string of the molecule is Cc1cccc(Cn2ccc(NC(=O)c3ccc(COc4c(C)cccc4C)cc3)n2)c1. The maximum absolute atomic E-state index is 12.6. The number of aromatic nitrogens is 2. The number of nitrogens with zero attached hydrogens (tertiary/aromatic N) is 2. The zero-order chi connectivity index (χ0) is 22.5. The van der Waals surface area contributed by atoms with E-state index < -0.39 is 0 Å². The van der Waals surface area contributed by atoms with Gasteiger partial charge in [0.25, 0.3) is 5.91 Å². The Morgan fingerprint density at radius 3 is 2.34 bits per heavy atom. The van der Waals surface area contributed by atoms with E-state index >= 15 is 0 Å². The molecule has 0 aliphatic rings. The van der Waals surface area contributed by atoms with E-state index in [-0.39, 0.29) is 5.91 Å². The maximum Gasteiger partial charge on any atom is 0.256 e. The molecular weight excluding hydrogens is 398 g/mol. The minimum atomic E-state index is -0.187. The second-order valence-electron chi connectivity index (χ2n) is 8.05. The molecule has 0 radical (unpaired) electrons. The van der Waals surface area contributed by atoms with Crippen LogP contribution in [0.15, 0.2) is 79.0 Å². The zero-order valence-corrected chi connectivity index (χ0v) is 18.6. The van der Waals surface area contributed by atoms with Crippen molar-refractivity contribution >= 4 is 11.7 Å². The molecule has 0 aliphatic heterocycles. The van der Waals surface area contributed by atoms with E-state index in [1.165, 1.54) is 11.1 Å². The normalized spacial score (nSPS) is 10.7. The molecule has 0 unspecified atom stereocenters. The molecule has 1 N–H and O–H groups in total. The summed E-state index contributed by atoms with van der Waals surface area (Å²) in [5, 5.41) is 7.33. The predicted molar refractivity (Wildman–Crippen MR) is 127 cm³/mol. The van der Waals surface area contributed by atoms with Crippen LogP contribution < -0.4 is 10.1 Å². The Labute approximate surface area is 188 Å². The number of carbonyl (C=O) groups is 1. The summed E-state index contributed by atoms with van der Waals surface area (Å²) in [5.41, 5.74) is 6.20. The number of anilines is 1. The maximum atomic E-state index is 12.6. The number of hydrogen-bond acceptors (Lipinski definition) is 3. The first kappa shape index (κ1) is 21.4. The molecular formula is C27H27N3O2. The van der Waals surface area contributed by atoms with Crippen LogP contribution in [0.4, 0.5) is 5.82 Å². The van der Waals surface area contributed by atoms with Gasteiger partial charge in [-0.25, -0.2) is 0 Å². The van der Waals surface area contributed by atoms with Crippen molar-refractivity contribution in [2.45, 2.75) is 33.9 Å². The van der Waals surface area contributed by atoms with Crippen LogP contribution in [0.2, 0.25) is 0 Å². The number of carbonyl (C=O) groups excluding carboxylic acids is 1. The van der Waals surface area contributed by atoms with Crippen molar-refractivity contribution in [3.8, 4) is 5.75 Å². The van der Waals surface area contributed by atoms with Crippen molar-refractivity contribution in [3.63, 3.8) is 0 Å². The average Bonchev–Trinajstić information content (AvgIpc) is 3.20. The number of ether oxygens (including phenoxy) is 1. The van der Waals surface area contributed by atoms with Gasteiger partial charge in [-0.15, -0.1) is 0 Å². The largest absolute Gasteiger partial charge is 0.488 e. The molecule has 4 rings (SSSR count). The summed E-state index contributed by atoms with van der Waals surface area (Å²) >= 11 is 0. The van der Waals surface area contributed by atoms with Gasteiger partial charge in [-0.3, -0.25) is 9.48 Å². The molecule has 4 aromatic rings. The Morgan fingerprint density at radius 2 is 1.62 bits per heavy atom. The van der Waals surface area contributed by atoms with Crippen LogP contribution in [0.1, 0.15) is 38.2 Å². The summed E-state index contributed by atoms with van der Waals surface area (Å²) in [6.07, 6.45) is 1.87. The van der Waals surface area contributed by atoms with Gasteiger partial charge in [0.1, 0.15) is 12.4 Å². The van der Waals surface area contributed by atoms with Crippen LogP contribution in [-0.4, -0.2) is 15.7 Å². The highest BCUT2D eigenvalue weighted by atomic mass is 16.5. The molecule has 1 aromatic heterocycles. The van der Waals surface area contributed by atoms with Gasteiger partial charge < -0.3 is 10.1 Å². The Morgan fingerprint density at radius 1 is 0.906 bits per heavy atom. The minimum Gasteiger partial charge on any atom is -0.488 e. The van der Waals surface area contributed by atoms with E-state index in [1.54, 1.807) is 6.07 Å². The van der Waals surface area contributed by atoms with Crippen molar-refractivity contribution in [2.75, 3.05) is 5.32 Å². The van der Waals surface area contributed by atoms with Gasteiger partial charge in [-0.2, -0.15) is 5.10 Å². The molecule has 0 spiro atoms. The number of para-hydroxylation sites is 1. The summed E-state index contributed by atoms with van der Waals surface area (Å²) < 4.78 is 7.81. The Balaban J connectivity index is 1.34. The standard InChI is InChI=1S/C27H27N3O2/c1-19-6-4-9-23(16-19)17-30-15-14-25(29-30)28-27(31)24-12-10-22(11-13-24)18-32-26-20(2)7-5-8-21(26)3/h4-16H,17-18H2,1-3H3,(H,28,29,31). The van der Waals surface area contributed by atoms with E-state index in [1.807, 2.05) is 73.3 Å². The fourth-order valence-corrected chi connectivity index (χ4v) is 3.64. The summed E-state index contributed by atoms with van der Waals surface area (Å²) in [6, 6.07) is 23.7. The molecule has 162 valence electrons. The van der Waals surface area contributed by atoms with Gasteiger partial charge in [0.15, 0.2) is 5.82 Å². The summed E-state index contributed by atoms with van der Waals surface area (Å²) in [6.45, 7) is 7.26. The molecule has 5 heteroatoms. The number of rotatable bonds is 7. The monoisotopic (exact) mass is 425 g/mol. The smallest absolute Gasteiger partial charge is 0.256 e. The van der Waals surface area contributed by atoms with E-state index in [2.05, 4.69) is 35.5 Å². The van der Waals surface area contributed by atoms with E-state index in [0.717, 1.165) is 22.4 Å². The summed E-state index contributed by atoms with van der Waals surface area (Å²) in [5.74, 6) is 1.26. The molecule has 0 fully saturated rings. The van der Waals surface area contributed by atoms with Crippen LogP contribution in [0, 0.1) is 20.8 Å². The van der Waals surface area contributed by atoms with Gasteiger partial charge in [-0.05, 0) is 55.2 Å². The van der Waals surface area contributed by atoms with Crippen molar-refractivity contribution in [1.29, 1.82) is 0 Å². The molecule has 3 aromatic carbocycles. The third kappa shape index (κ3) is 5.24. The number of hydrogen-bond donors (Lipinski definition) is 1. The highest BCUT2D eigenvalue weighted by Crippen LogP contribution is 2.23. The summed E-state index contributed by atoms with van der Waals surface area (Å²) in [4.78, 5) is 12.6. The zero-order valence-electron chi connectivity index (χ0n) is 18.6. The quantitative estimate of drug-likeness (QED) is 0.414. The van der Waals surface area contributed by atoms with E-state index in [9.17, 15) is 4.79 Å². The highest BCUT2D eigenvalue weighted by molar-refractivity contribution is 6.03. The van der Waals surface area contributed by atoms with Gasteiger partial charge >= 0.3 is 0 Å². The van der Waals surface area contributed by atoms with Crippen LogP contribution in [-0.2, 0) is 13.2 Å². The fraction of sp³-hybridized carbons (Fsp3) is 0.185. The topological polar surface area (TPSA) is 56.2 Å². The van der Waals surface area contributed by atoms with Gasteiger partial charge in [0.05, 0.1) is 6.54 Å². The molecule has 5 nitrogen and oxygen atoms in total. The fourth-order valence-electron chi connectivity index (χ4n) is 3.64. The molecule has 0 atom stereocenters. The minimum absolute atomic E-state index is 0.187. The lowest BCUT2D eigenvalue weighted by molar-refractivity contribution is 0.102. The second-order valence-corrected chi connectivity index (χ2v) is 8.05. The van der Waals surface area contributed by atoms with Gasteiger partial charge in [0.2, 0.25) is 0 Å². The van der Waals surface area contributed by atoms with Crippen molar-refractivity contribution in [1.82, 2.24) is 9.78 Å². The Bertz CT molecular complexity index is 1210. The lowest BCUT2D eigenvalue weighted by atomic mass is 10.1. The second kappa shape index (κ2) is 9.52. The number of amides is 1. The lowest BCUT2D eigenvalue weighted by Crippen LogP contribution is -2.13. The Hall–Kier alpha value is -3.86. The number of benzene rings is 3. The molecule has 1 heterocycles. The molecule has 32 heavy (non-hydrogen) atoms. The van der Waals surface area contributed by atoms with Gasteiger partial charge in [-0.1, -0.05) is 60.2 Å². The van der Waals surface area contributed by atoms with Crippen molar-refractivity contribution < 1.29 is 9.53 Å². The average molecular weight is 426 g/mol. The summed E-state index contributed by atoms with van der Waals surface area (Å²) in [7, 11) is 0. The predicted octanol–water partition coefficient (Wildman–Crippen LogP) is 5.69. The first-order chi connectivity index (χ1) is 15.5. The molecule has 0 saturated carbocycles. The van der Waals surface area contributed by atoms with Crippen molar-refractivity contribution in [2.24, 2.45) is 0 Å². The number of nitrogens with one attached hydrogen (secondary N) is 1. The first-order valence-corrected chi connectivity index (χ1v) is 10.7. The Kier molecular flexibility index (Phi) is 6.36. The molecule has 0 aliphatic carbocycles. The van der Waals surface area contributed by atoms with Crippen LogP contribution >= 0.6 is 0 Å². The van der Waals surface area contributed by atoms with E-state index in [4.69, 9.17) is 4.74 Å². The van der Waals surface area contributed by atoms with E-state index in [0.29, 0.717) is 24.5 Å². The molecule has 1 amide bonds. The third-order valence-corrected chi connectivity index (χ3v) is 5.32. The van der Waals surface area contributed by atoms with Crippen molar-refractivity contribution in [3.05, 3.63) is 112 Å². The van der Waals surface area contributed by atoms with Crippen LogP contribution in [0.5, 0.6) is 5.75 Å². The van der Waals surface area contributed by atoms with Crippen LogP contribution in [0.25, 0.3) is 0 Å². The molecule has 0 saturated heterocycles. The lowest BCUT2D eigenvalue weighted by Gasteiger charge is -2.12. The first-order valence-electron chi connectivity index (χ1n) is 10.7.